The standard InChI is InChI=1S/C15H19NO4.C13H15NO5.C13H15NO4S/c17-14(18)13-9-5-2-6-10-16(13)15(19)20-11-12-7-3-1-4-8-12;15-12(16)11-9-18-7-6-14(11)13(17)19-8-10-4-2-1-3-5-10;15-12(16)11-9-19-7-6-14(11)13(17)18-8-10-4-2-1-3-5-10/h1,3-4,7-8,13H,2,5-6,9-11H2,(H,17,18);2*1-5,11H,6-9H2,(H,15,16). The molecule has 3 saturated heterocycles. The molecule has 3 aliphatic rings. The molecule has 0 radical (unpaired) electrons. The maximum absolute atomic E-state index is 12.1. The number of morpholine rings is 1. The number of carboxylic acids is 3. The van der Waals surface area contributed by atoms with E-state index in [-0.39, 0.29) is 33.0 Å². The van der Waals surface area contributed by atoms with Crippen molar-refractivity contribution < 1.29 is 63.0 Å². The van der Waals surface area contributed by atoms with Gasteiger partial charge in [0.15, 0.2) is 6.04 Å². The van der Waals surface area contributed by atoms with Crippen LogP contribution >= 0.6 is 11.8 Å². The van der Waals surface area contributed by atoms with E-state index in [9.17, 15) is 33.9 Å². The highest BCUT2D eigenvalue weighted by molar-refractivity contribution is 7.99. The van der Waals surface area contributed by atoms with Gasteiger partial charge in [0.25, 0.3) is 0 Å². The van der Waals surface area contributed by atoms with Crippen molar-refractivity contribution in [2.24, 2.45) is 0 Å². The molecule has 0 saturated carbocycles. The van der Waals surface area contributed by atoms with Crippen LogP contribution in [0.1, 0.15) is 42.4 Å². The molecule has 312 valence electrons. The number of thioether (sulfide) groups is 1. The highest BCUT2D eigenvalue weighted by atomic mass is 32.2. The van der Waals surface area contributed by atoms with Crippen LogP contribution in [0.25, 0.3) is 0 Å². The number of hydrogen-bond acceptors (Lipinski definition) is 11. The third-order valence-electron chi connectivity index (χ3n) is 9.18. The summed E-state index contributed by atoms with van der Waals surface area (Å²) in [6, 6.07) is 25.4. The quantitative estimate of drug-likeness (QED) is 0.225. The van der Waals surface area contributed by atoms with Gasteiger partial charge in [0.05, 0.1) is 13.2 Å². The highest BCUT2D eigenvalue weighted by Gasteiger charge is 2.35. The van der Waals surface area contributed by atoms with Gasteiger partial charge < -0.3 is 34.3 Å². The molecule has 3 heterocycles. The van der Waals surface area contributed by atoms with Crippen LogP contribution in [0.3, 0.4) is 0 Å². The predicted molar refractivity (Wildman–Crippen MR) is 211 cm³/mol. The zero-order valence-electron chi connectivity index (χ0n) is 32.0. The number of aliphatic carboxylic acids is 3. The van der Waals surface area contributed by atoms with Crippen molar-refractivity contribution in [2.45, 2.75) is 63.6 Å². The van der Waals surface area contributed by atoms with Crippen LogP contribution in [0.15, 0.2) is 91.0 Å². The Morgan fingerprint density at radius 3 is 1.43 bits per heavy atom. The molecule has 0 spiro atoms. The molecule has 17 heteroatoms. The van der Waals surface area contributed by atoms with E-state index in [1.54, 1.807) is 0 Å². The lowest BCUT2D eigenvalue weighted by Gasteiger charge is -2.31. The van der Waals surface area contributed by atoms with Crippen LogP contribution < -0.4 is 0 Å². The minimum atomic E-state index is -1.09. The Bertz CT molecular complexity index is 1690. The molecule has 3 unspecified atom stereocenters. The van der Waals surface area contributed by atoms with Gasteiger partial charge in [-0.25, -0.2) is 28.8 Å². The minimum absolute atomic E-state index is 0.00420. The van der Waals surface area contributed by atoms with Crippen molar-refractivity contribution in [3.05, 3.63) is 108 Å². The SMILES string of the molecule is O=C(O)C1CCCCCN1C(=O)OCc1ccccc1.O=C(O)C1COCCN1C(=O)OCc1ccccc1.O=C(O)C1CSCCN1C(=O)OCc1ccccc1. The van der Waals surface area contributed by atoms with Gasteiger partial charge in [-0.15, -0.1) is 0 Å². The average molecular weight is 824 g/mol. The summed E-state index contributed by atoms with van der Waals surface area (Å²) in [5, 5.41) is 27.3. The summed E-state index contributed by atoms with van der Waals surface area (Å²) in [6.07, 6.45) is 1.38. The van der Waals surface area contributed by atoms with Gasteiger partial charge in [-0.3, -0.25) is 14.7 Å². The molecule has 3 atom stereocenters. The van der Waals surface area contributed by atoms with Gasteiger partial charge in [-0.05, 0) is 29.5 Å². The smallest absolute Gasteiger partial charge is 0.411 e. The summed E-state index contributed by atoms with van der Waals surface area (Å²) < 4.78 is 20.6. The molecule has 3 aliphatic heterocycles. The third kappa shape index (κ3) is 14.6. The van der Waals surface area contributed by atoms with Crippen molar-refractivity contribution >= 4 is 47.9 Å². The van der Waals surface area contributed by atoms with E-state index in [1.165, 1.54) is 26.5 Å². The number of carbonyl (C=O) groups excluding carboxylic acids is 3. The van der Waals surface area contributed by atoms with Gasteiger partial charge in [-0.2, -0.15) is 11.8 Å². The Balaban J connectivity index is 0.000000193. The van der Waals surface area contributed by atoms with Crippen molar-refractivity contribution in [1.29, 1.82) is 0 Å². The molecule has 3 fully saturated rings. The normalized spacial score (nSPS) is 19.0. The first kappa shape index (κ1) is 44.9. The summed E-state index contributed by atoms with van der Waals surface area (Å²) in [6.45, 7) is 1.87. The van der Waals surface area contributed by atoms with Gasteiger partial charge in [0.2, 0.25) is 0 Å². The maximum atomic E-state index is 12.1. The molecule has 0 aliphatic carbocycles. The summed E-state index contributed by atoms with van der Waals surface area (Å²) in [4.78, 5) is 73.0. The fourth-order valence-electron chi connectivity index (χ4n) is 6.04. The summed E-state index contributed by atoms with van der Waals surface area (Å²) in [5.74, 6) is -1.87. The fourth-order valence-corrected chi connectivity index (χ4v) is 7.08. The van der Waals surface area contributed by atoms with E-state index >= 15 is 0 Å². The van der Waals surface area contributed by atoms with E-state index in [0.717, 1.165) is 41.7 Å². The number of benzene rings is 3. The van der Waals surface area contributed by atoms with Gasteiger partial charge in [0, 0.05) is 31.1 Å². The number of likely N-dealkylation sites (tertiary alicyclic amines) is 1. The van der Waals surface area contributed by atoms with E-state index < -0.39 is 54.3 Å². The number of ether oxygens (including phenoxy) is 4. The lowest BCUT2D eigenvalue weighted by Crippen LogP contribution is -2.52. The Kier molecular flexibility index (Phi) is 18.6. The predicted octanol–water partition coefficient (Wildman–Crippen LogP) is 5.59. The Morgan fingerprint density at radius 1 is 0.552 bits per heavy atom. The van der Waals surface area contributed by atoms with Gasteiger partial charge >= 0.3 is 36.2 Å². The van der Waals surface area contributed by atoms with E-state index in [2.05, 4.69) is 0 Å². The number of hydrogen-bond donors (Lipinski definition) is 3. The van der Waals surface area contributed by atoms with Gasteiger partial charge in [-0.1, -0.05) is 104 Å². The van der Waals surface area contributed by atoms with Gasteiger partial charge in [0.1, 0.15) is 31.9 Å². The molecule has 3 amide bonds. The number of nitrogens with zero attached hydrogens (tertiary/aromatic N) is 3. The molecular formula is C41H49N3O13S. The molecule has 6 rings (SSSR count). The topological polar surface area (TPSA) is 210 Å². The Labute approximate surface area is 340 Å². The van der Waals surface area contributed by atoms with Crippen LogP contribution in [0.4, 0.5) is 14.4 Å². The monoisotopic (exact) mass is 823 g/mol. The van der Waals surface area contributed by atoms with Crippen molar-refractivity contribution in [1.82, 2.24) is 14.7 Å². The molecule has 3 aromatic carbocycles. The first-order chi connectivity index (χ1) is 28.0. The number of rotatable bonds is 9. The van der Waals surface area contributed by atoms with Crippen molar-refractivity contribution in [3.63, 3.8) is 0 Å². The fraction of sp³-hybridized carbons (Fsp3) is 0.415. The first-order valence-corrected chi connectivity index (χ1v) is 20.0. The first-order valence-electron chi connectivity index (χ1n) is 18.8. The van der Waals surface area contributed by atoms with E-state index in [1.807, 2.05) is 91.0 Å². The molecule has 3 aromatic rings. The molecule has 0 aromatic heterocycles. The second-order valence-electron chi connectivity index (χ2n) is 13.3. The summed E-state index contributed by atoms with van der Waals surface area (Å²) in [5.41, 5.74) is 2.63. The van der Waals surface area contributed by atoms with Crippen LogP contribution in [-0.4, -0.2) is 129 Å². The average Bonchev–Trinajstić information content (AvgIpc) is 3.52. The van der Waals surface area contributed by atoms with Crippen LogP contribution in [0.5, 0.6) is 0 Å². The molecule has 3 N–H and O–H groups in total. The largest absolute Gasteiger partial charge is 0.480 e. The van der Waals surface area contributed by atoms with Crippen LogP contribution in [0.2, 0.25) is 0 Å². The maximum Gasteiger partial charge on any atom is 0.411 e. The van der Waals surface area contributed by atoms with Crippen molar-refractivity contribution in [2.75, 3.05) is 44.4 Å². The molecular weight excluding hydrogens is 775 g/mol. The lowest BCUT2D eigenvalue weighted by molar-refractivity contribution is -0.148. The lowest BCUT2D eigenvalue weighted by atomic mass is 10.1. The number of carboxylic acid groups (broad SMARTS) is 3. The second-order valence-corrected chi connectivity index (χ2v) is 14.4. The molecule has 0 bridgehead atoms. The summed E-state index contributed by atoms with van der Waals surface area (Å²) >= 11 is 1.54. The Hall–Kier alpha value is -5.81. The molecule has 16 nitrogen and oxygen atoms in total. The molecule has 58 heavy (non-hydrogen) atoms. The van der Waals surface area contributed by atoms with Crippen LogP contribution in [-0.2, 0) is 53.2 Å². The van der Waals surface area contributed by atoms with Crippen LogP contribution in [0, 0.1) is 0 Å². The van der Waals surface area contributed by atoms with Crippen molar-refractivity contribution in [3.8, 4) is 0 Å². The number of amides is 3. The second kappa shape index (κ2) is 24.1. The Morgan fingerprint density at radius 2 is 0.983 bits per heavy atom. The van der Waals surface area contributed by atoms with E-state index in [4.69, 9.17) is 29.2 Å². The highest BCUT2D eigenvalue weighted by Crippen LogP contribution is 2.20. The zero-order chi connectivity index (χ0) is 41.7. The zero-order valence-corrected chi connectivity index (χ0v) is 32.8. The van der Waals surface area contributed by atoms with E-state index in [0.29, 0.717) is 31.9 Å². The summed E-state index contributed by atoms with van der Waals surface area (Å²) in [7, 11) is 0. The minimum Gasteiger partial charge on any atom is -0.480 e. The third-order valence-corrected chi connectivity index (χ3v) is 10.2. The number of carbonyl (C=O) groups is 6.